The molecule has 3 N–H and O–H groups in total. The molecule has 0 aliphatic rings. The second-order valence-electron chi connectivity index (χ2n) is 9.45. The summed E-state index contributed by atoms with van der Waals surface area (Å²) in [7, 11) is 0. The van der Waals surface area contributed by atoms with Crippen molar-refractivity contribution in [2.75, 3.05) is 18.6 Å². The van der Waals surface area contributed by atoms with Crippen LogP contribution in [0.15, 0.2) is 65.7 Å². The zero-order chi connectivity index (χ0) is 30.8. The van der Waals surface area contributed by atoms with Gasteiger partial charge in [-0.25, -0.2) is 9.66 Å². The fourth-order valence-corrected chi connectivity index (χ4v) is 5.16. The van der Waals surface area contributed by atoms with Gasteiger partial charge in [-0.3, -0.25) is 14.4 Å². The van der Waals surface area contributed by atoms with E-state index in [0.717, 1.165) is 10.4 Å². The number of hydrogen-bond acceptors (Lipinski definition) is 8. The number of aromatic nitrogens is 2. The summed E-state index contributed by atoms with van der Waals surface area (Å²) in [6.45, 7) is 4.75. The predicted molar refractivity (Wildman–Crippen MR) is 168 cm³/mol. The molecule has 0 spiro atoms. The molecule has 0 unspecified atom stereocenters. The van der Waals surface area contributed by atoms with E-state index < -0.39 is 0 Å². The number of hydrogen-bond donors (Lipinski definition) is 3. The Bertz CT molecular complexity index is 1640. The maximum atomic E-state index is 13.3. The Hall–Kier alpha value is -4.06. The number of nitrogens with one attached hydrogen (secondary N) is 3. The number of ether oxygens (including phenoxy) is 2. The third kappa shape index (κ3) is 9.47. The van der Waals surface area contributed by atoms with Gasteiger partial charge in [0.25, 0.3) is 11.5 Å². The van der Waals surface area contributed by atoms with Crippen LogP contribution in [0.5, 0.6) is 11.5 Å². The Morgan fingerprint density at radius 3 is 2.63 bits per heavy atom. The Labute approximate surface area is 262 Å². The number of aryl methyl sites for hydroxylation is 1. The molecule has 0 saturated heterocycles. The minimum atomic E-state index is -0.348. The highest BCUT2D eigenvalue weighted by Crippen LogP contribution is 2.23. The van der Waals surface area contributed by atoms with E-state index in [1.165, 1.54) is 16.0 Å². The summed E-state index contributed by atoms with van der Waals surface area (Å²) < 4.78 is 13.3. The van der Waals surface area contributed by atoms with E-state index in [0.29, 0.717) is 57.4 Å². The molecule has 0 fully saturated rings. The molecule has 0 aliphatic heterocycles. The van der Waals surface area contributed by atoms with Gasteiger partial charge in [0.2, 0.25) is 5.91 Å². The van der Waals surface area contributed by atoms with Crippen molar-refractivity contribution in [2.24, 2.45) is 0 Å². The first-order chi connectivity index (χ1) is 20.7. The lowest BCUT2D eigenvalue weighted by atomic mass is 10.1. The van der Waals surface area contributed by atoms with E-state index in [1.54, 1.807) is 43.6 Å². The van der Waals surface area contributed by atoms with Gasteiger partial charge in [0.05, 0.1) is 17.8 Å². The molecule has 0 bridgehead atoms. The highest BCUT2D eigenvalue weighted by Gasteiger charge is 2.14. The second kappa shape index (κ2) is 15.4. The van der Waals surface area contributed by atoms with Gasteiger partial charge in [0.15, 0.2) is 11.1 Å². The van der Waals surface area contributed by atoms with Crippen LogP contribution in [0.1, 0.15) is 34.1 Å². The van der Waals surface area contributed by atoms with E-state index in [9.17, 15) is 14.4 Å². The van der Waals surface area contributed by atoms with Crippen molar-refractivity contribution in [2.45, 2.75) is 40.0 Å². The molecule has 4 aromatic rings. The third-order valence-corrected chi connectivity index (χ3v) is 7.58. The molecule has 2 amide bonds. The first kappa shape index (κ1) is 31.9. The van der Waals surface area contributed by atoms with Crippen LogP contribution >= 0.6 is 34.5 Å². The van der Waals surface area contributed by atoms with Crippen molar-refractivity contribution in [3.63, 3.8) is 0 Å². The van der Waals surface area contributed by atoms with Crippen molar-refractivity contribution in [1.29, 1.82) is 0 Å². The molecule has 2 heterocycles. The molecular weight excluding hydrogens is 613 g/mol. The number of rotatable bonds is 14. The standard InChI is InChI=1S/C30H31Cl2N5O5S/c1-3-33-28(39)18-42-26-8-7-22(31)12-21(26)15-34-27(38)13-25-19(2)9-10-37(29(25)40)36-14-20-5-4-6-23(11-20)41-17-24-16-35-30(32)43-24/h4-12,16,36H,3,13-15,17-18H2,1-2H3,(H,33,39)(H,34,38). The van der Waals surface area contributed by atoms with Crippen LogP contribution in [0.4, 0.5) is 0 Å². The smallest absolute Gasteiger partial charge is 0.272 e. The lowest BCUT2D eigenvalue weighted by molar-refractivity contribution is -0.123. The Balaban J connectivity index is 1.35. The van der Waals surface area contributed by atoms with Crippen molar-refractivity contribution in [3.05, 3.63) is 108 Å². The van der Waals surface area contributed by atoms with E-state index in [-0.39, 0.29) is 36.9 Å². The van der Waals surface area contributed by atoms with Gasteiger partial charge in [0.1, 0.15) is 18.1 Å². The summed E-state index contributed by atoms with van der Waals surface area (Å²) in [6, 6.07) is 14.3. The van der Waals surface area contributed by atoms with Gasteiger partial charge in [-0.05, 0) is 61.4 Å². The fraction of sp³-hybridized carbons (Fsp3) is 0.267. The van der Waals surface area contributed by atoms with Crippen molar-refractivity contribution in [3.8, 4) is 11.5 Å². The highest BCUT2D eigenvalue weighted by atomic mass is 35.5. The molecule has 10 nitrogen and oxygen atoms in total. The lowest BCUT2D eigenvalue weighted by Gasteiger charge is -2.15. The molecule has 0 saturated carbocycles. The van der Waals surface area contributed by atoms with E-state index in [4.69, 9.17) is 32.7 Å². The quantitative estimate of drug-likeness (QED) is 0.183. The average Bonchev–Trinajstić information content (AvgIpc) is 3.41. The van der Waals surface area contributed by atoms with Crippen molar-refractivity contribution in [1.82, 2.24) is 20.3 Å². The Kier molecular flexibility index (Phi) is 11.4. The molecule has 2 aromatic carbocycles. The van der Waals surface area contributed by atoms with Crippen LogP contribution in [-0.2, 0) is 35.7 Å². The maximum absolute atomic E-state index is 13.3. The lowest BCUT2D eigenvalue weighted by Crippen LogP contribution is -2.34. The van der Waals surface area contributed by atoms with Gasteiger partial charge in [0, 0.05) is 41.6 Å². The normalized spacial score (nSPS) is 10.7. The zero-order valence-electron chi connectivity index (χ0n) is 23.6. The van der Waals surface area contributed by atoms with Crippen LogP contribution in [0.2, 0.25) is 9.49 Å². The summed E-state index contributed by atoms with van der Waals surface area (Å²) in [5.74, 6) is 0.506. The molecule has 0 radical (unpaired) electrons. The molecule has 226 valence electrons. The molecule has 0 aliphatic carbocycles. The van der Waals surface area contributed by atoms with Crippen LogP contribution < -0.4 is 31.1 Å². The molecule has 43 heavy (non-hydrogen) atoms. The molecular formula is C30H31Cl2N5O5S. The molecule has 0 atom stereocenters. The van der Waals surface area contributed by atoms with Crippen LogP contribution in [0.25, 0.3) is 0 Å². The number of likely N-dealkylation sites (N-methyl/N-ethyl adjacent to an activating group) is 1. The second-order valence-corrected chi connectivity index (χ2v) is 11.6. The monoisotopic (exact) mass is 643 g/mol. The SMILES string of the molecule is CCNC(=O)COc1ccc(Cl)cc1CNC(=O)Cc1c(C)ccn(NCc2cccc(OCc3cnc(Cl)s3)c2)c1=O. The zero-order valence-corrected chi connectivity index (χ0v) is 25.9. The Morgan fingerprint density at radius 2 is 1.86 bits per heavy atom. The maximum Gasteiger partial charge on any atom is 0.272 e. The topological polar surface area (TPSA) is 124 Å². The predicted octanol–water partition coefficient (Wildman–Crippen LogP) is 4.62. The third-order valence-electron chi connectivity index (χ3n) is 6.25. The van der Waals surface area contributed by atoms with Gasteiger partial charge in [-0.15, -0.1) is 11.3 Å². The first-order valence-corrected chi connectivity index (χ1v) is 15.0. The first-order valence-electron chi connectivity index (χ1n) is 13.4. The van der Waals surface area contributed by atoms with Gasteiger partial charge >= 0.3 is 0 Å². The minimum absolute atomic E-state index is 0.108. The van der Waals surface area contributed by atoms with Crippen LogP contribution in [0.3, 0.4) is 0 Å². The molecule has 4 rings (SSSR count). The number of benzene rings is 2. The summed E-state index contributed by atoms with van der Waals surface area (Å²) >= 11 is 13.4. The van der Waals surface area contributed by atoms with E-state index in [1.807, 2.05) is 31.2 Å². The number of halogens is 2. The number of pyridine rings is 1. The average molecular weight is 645 g/mol. The summed E-state index contributed by atoms with van der Waals surface area (Å²) in [6.07, 6.45) is 3.20. The summed E-state index contributed by atoms with van der Waals surface area (Å²) in [5, 5.41) is 5.95. The highest BCUT2D eigenvalue weighted by molar-refractivity contribution is 7.15. The minimum Gasteiger partial charge on any atom is -0.488 e. The Morgan fingerprint density at radius 1 is 1.02 bits per heavy atom. The van der Waals surface area contributed by atoms with E-state index in [2.05, 4.69) is 21.0 Å². The number of thiazole rings is 1. The number of amides is 2. The van der Waals surface area contributed by atoms with E-state index >= 15 is 0 Å². The van der Waals surface area contributed by atoms with Gasteiger partial charge < -0.3 is 25.5 Å². The largest absolute Gasteiger partial charge is 0.488 e. The van der Waals surface area contributed by atoms with Gasteiger partial charge in [-0.2, -0.15) is 0 Å². The van der Waals surface area contributed by atoms with Crippen LogP contribution in [0, 0.1) is 6.92 Å². The van der Waals surface area contributed by atoms with Crippen molar-refractivity contribution < 1.29 is 19.1 Å². The van der Waals surface area contributed by atoms with Crippen LogP contribution in [-0.4, -0.2) is 34.6 Å². The fourth-order valence-electron chi connectivity index (χ4n) is 4.07. The number of nitrogens with zero attached hydrogens (tertiary/aromatic N) is 2. The summed E-state index contributed by atoms with van der Waals surface area (Å²) in [4.78, 5) is 42.9. The number of carbonyl (C=O) groups is 2. The summed E-state index contributed by atoms with van der Waals surface area (Å²) in [5.41, 5.74) is 5.36. The number of carbonyl (C=O) groups excluding carboxylic acids is 2. The molecule has 2 aromatic heterocycles. The van der Waals surface area contributed by atoms with Crippen molar-refractivity contribution >= 4 is 46.4 Å². The van der Waals surface area contributed by atoms with Gasteiger partial charge in [-0.1, -0.05) is 35.3 Å². The molecule has 13 heteroatoms.